The topological polar surface area (TPSA) is 30.2 Å². The first-order valence-electron chi connectivity index (χ1n) is 4.81. The van der Waals surface area contributed by atoms with Crippen LogP contribution in [0, 0.1) is 0 Å². The van der Waals surface area contributed by atoms with Gasteiger partial charge in [0.25, 0.3) is 0 Å². The first-order chi connectivity index (χ1) is 7.86. The summed E-state index contributed by atoms with van der Waals surface area (Å²) in [5.41, 5.74) is 2.73. The molecule has 16 heavy (non-hydrogen) atoms. The first-order valence-corrected chi connectivity index (χ1v) is 6.23. The van der Waals surface area contributed by atoms with Gasteiger partial charge in [0.1, 0.15) is 16.3 Å². The number of imidazole rings is 1. The molecule has 0 bridgehead atoms. The Kier molecular flexibility index (Phi) is 2.38. The van der Waals surface area contributed by atoms with Crippen molar-refractivity contribution < 1.29 is 0 Å². The summed E-state index contributed by atoms with van der Waals surface area (Å²) in [4.78, 5) is 8.90. The summed E-state index contributed by atoms with van der Waals surface area (Å²) in [7, 11) is 0. The summed E-state index contributed by atoms with van der Waals surface area (Å²) in [5.74, 6) is 0.448. The van der Waals surface area contributed by atoms with Crippen molar-refractivity contribution in [2.75, 3.05) is 0 Å². The number of hydrogen-bond donors (Lipinski definition) is 0. The molecule has 0 saturated heterocycles. The molecule has 0 aliphatic heterocycles. The lowest BCUT2D eigenvalue weighted by Crippen LogP contribution is -1.78. The maximum absolute atomic E-state index is 5.72. The molecule has 0 atom stereocenters. The molecule has 0 amide bonds. The van der Waals surface area contributed by atoms with Gasteiger partial charge in [-0.05, 0) is 12.1 Å². The van der Waals surface area contributed by atoms with Crippen LogP contribution in [0.4, 0.5) is 0 Å². The van der Waals surface area contributed by atoms with E-state index in [-0.39, 0.29) is 0 Å². The van der Waals surface area contributed by atoms with Gasteiger partial charge in [0.05, 0.1) is 11.6 Å². The van der Waals surface area contributed by atoms with Crippen molar-refractivity contribution in [3.8, 4) is 10.7 Å². The van der Waals surface area contributed by atoms with Crippen LogP contribution in [0.2, 0.25) is 0 Å². The van der Waals surface area contributed by atoms with Gasteiger partial charge in [-0.25, -0.2) is 9.97 Å². The lowest BCUT2D eigenvalue weighted by atomic mass is 10.5. The molecule has 0 aliphatic rings. The lowest BCUT2D eigenvalue weighted by Gasteiger charge is -1.86. The number of rotatable bonds is 2. The molecule has 0 fully saturated rings. The predicted octanol–water partition coefficient (Wildman–Crippen LogP) is 3.20. The molecule has 3 aromatic rings. The monoisotopic (exact) mass is 249 g/mol. The van der Waals surface area contributed by atoms with Crippen LogP contribution in [-0.4, -0.2) is 14.4 Å². The highest BCUT2D eigenvalue weighted by atomic mass is 35.5. The minimum Gasteiger partial charge on any atom is -0.306 e. The zero-order valence-electron chi connectivity index (χ0n) is 8.30. The average molecular weight is 250 g/mol. The molecule has 5 heteroatoms. The Labute approximate surface area is 101 Å². The second-order valence-corrected chi connectivity index (χ2v) is 4.50. The third-order valence-electron chi connectivity index (χ3n) is 2.27. The van der Waals surface area contributed by atoms with E-state index in [0.29, 0.717) is 5.88 Å². The fraction of sp³-hybridized carbons (Fsp3) is 0.0909. The van der Waals surface area contributed by atoms with Gasteiger partial charge in [0.15, 0.2) is 0 Å². The molecule has 0 radical (unpaired) electrons. The Balaban J connectivity index is 2.11. The van der Waals surface area contributed by atoms with E-state index in [1.54, 1.807) is 11.3 Å². The zero-order valence-corrected chi connectivity index (χ0v) is 9.87. The van der Waals surface area contributed by atoms with Gasteiger partial charge in [-0.15, -0.1) is 22.9 Å². The minimum atomic E-state index is 0.448. The SMILES string of the molecule is ClCc1csc(-c2cn3ccccc3n2)n1. The van der Waals surface area contributed by atoms with Gasteiger partial charge in [-0.2, -0.15) is 0 Å². The van der Waals surface area contributed by atoms with Crippen molar-refractivity contribution >= 4 is 28.6 Å². The molecular weight excluding hydrogens is 242 g/mol. The number of hydrogen-bond acceptors (Lipinski definition) is 3. The van der Waals surface area contributed by atoms with Gasteiger partial charge in [0.2, 0.25) is 0 Å². The fourth-order valence-electron chi connectivity index (χ4n) is 1.52. The van der Waals surface area contributed by atoms with E-state index in [2.05, 4.69) is 9.97 Å². The van der Waals surface area contributed by atoms with Crippen molar-refractivity contribution in [2.24, 2.45) is 0 Å². The molecule has 3 aromatic heterocycles. The second-order valence-electron chi connectivity index (χ2n) is 3.37. The Morgan fingerprint density at radius 3 is 3.00 bits per heavy atom. The number of halogens is 1. The Morgan fingerprint density at radius 1 is 1.31 bits per heavy atom. The van der Waals surface area contributed by atoms with E-state index in [0.717, 1.165) is 22.0 Å². The molecule has 3 rings (SSSR count). The minimum absolute atomic E-state index is 0.448. The van der Waals surface area contributed by atoms with Crippen LogP contribution in [0.25, 0.3) is 16.3 Å². The summed E-state index contributed by atoms with van der Waals surface area (Å²) < 4.78 is 1.98. The standard InChI is InChI=1S/C11H8ClN3S/c12-5-8-7-16-11(13-8)9-6-15-4-2-1-3-10(15)14-9/h1-4,6-7H,5H2. The number of fused-ring (bicyclic) bond motifs is 1. The second kappa shape index (κ2) is 3.88. The van der Waals surface area contributed by atoms with Gasteiger partial charge < -0.3 is 4.40 Å². The van der Waals surface area contributed by atoms with E-state index in [9.17, 15) is 0 Å². The van der Waals surface area contributed by atoms with E-state index in [1.165, 1.54) is 0 Å². The van der Waals surface area contributed by atoms with Crippen LogP contribution in [-0.2, 0) is 5.88 Å². The predicted molar refractivity (Wildman–Crippen MR) is 65.9 cm³/mol. The zero-order chi connectivity index (χ0) is 11.0. The quantitative estimate of drug-likeness (QED) is 0.653. The van der Waals surface area contributed by atoms with Crippen molar-refractivity contribution in [1.29, 1.82) is 0 Å². The number of thiazole rings is 1. The highest BCUT2D eigenvalue weighted by Gasteiger charge is 2.08. The van der Waals surface area contributed by atoms with Crippen LogP contribution < -0.4 is 0 Å². The maximum Gasteiger partial charge on any atom is 0.143 e. The van der Waals surface area contributed by atoms with Gasteiger partial charge >= 0.3 is 0 Å². The van der Waals surface area contributed by atoms with Crippen LogP contribution in [0.5, 0.6) is 0 Å². The third kappa shape index (κ3) is 1.60. The molecule has 3 heterocycles. The van der Waals surface area contributed by atoms with Gasteiger partial charge in [-0.1, -0.05) is 6.07 Å². The van der Waals surface area contributed by atoms with E-state index in [4.69, 9.17) is 11.6 Å². The van der Waals surface area contributed by atoms with Crippen LogP contribution in [0.1, 0.15) is 5.69 Å². The van der Waals surface area contributed by atoms with Crippen LogP contribution in [0.3, 0.4) is 0 Å². The Hall–Kier alpha value is -1.39. The molecule has 3 nitrogen and oxygen atoms in total. The molecule has 0 spiro atoms. The number of alkyl halides is 1. The highest BCUT2D eigenvalue weighted by Crippen LogP contribution is 2.23. The third-order valence-corrected chi connectivity index (χ3v) is 3.46. The molecular formula is C11H8ClN3S. The summed E-state index contributed by atoms with van der Waals surface area (Å²) in [5, 5.41) is 2.88. The first kappa shape index (κ1) is 9.81. The van der Waals surface area contributed by atoms with Crippen LogP contribution >= 0.6 is 22.9 Å². The summed E-state index contributed by atoms with van der Waals surface area (Å²) in [6.07, 6.45) is 3.95. The van der Waals surface area contributed by atoms with Gasteiger partial charge in [-0.3, -0.25) is 0 Å². The van der Waals surface area contributed by atoms with Crippen molar-refractivity contribution in [3.63, 3.8) is 0 Å². The maximum atomic E-state index is 5.72. The molecule has 0 saturated carbocycles. The van der Waals surface area contributed by atoms with Gasteiger partial charge in [0, 0.05) is 17.8 Å². The molecule has 0 unspecified atom stereocenters. The summed E-state index contributed by atoms with van der Waals surface area (Å²) in [6.45, 7) is 0. The van der Waals surface area contributed by atoms with E-state index < -0.39 is 0 Å². The number of pyridine rings is 1. The Bertz CT molecular complexity index is 596. The molecule has 0 aromatic carbocycles. The fourth-order valence-corrected chi connectivity index (χ4v) is 2.52. The Morgan fingerprint density at radius 2 is 2.25 bits per heavy atom. The van der Waals surface area contributed by atoms with Crippen LogP contribution in [0.15, 0.2) is 36.0 Å². The van der Waals surface area contributed by atoms with Crippen molar-refractivity contribution in [3.05, 3.63) is 41.7 Å². The number of aromatic nitrogens is 3. The summed E-state index contributed by atoms with van der Waals surface area (Å²) >= 11 is 7.30. The normalized spacial score (nSPS) is 11.1. The molecule has 80 valence electrons. The van der Waals surface area contributed by atoms with E-state index in [1.807, 2.05) is 40.4 Å². The smallest absolute Gasteiger partial charge is 0.143 e. The lowest BCUT2D eigenvalue weighted by molar-refractivity contribution is 1.19. The molecule has 0 N–H and O–H groups in total. The number of nitrogens with zero attached hydrogens (tertiary/aromatic N) is 3. The molecule has 0 aliphatic carbocycles. The highest BCUT2D eigenvalue weighted by molar-refractivity contribution is 7.13. The van der Waals surface area contributed by atoms with Crippen molar-refractivity contribution in [1.82, 2.24) is 14.4 Å². The van der Waals surface area contributed by atoms with E-state index >= 15 is 0 Å². The summed E-state index contributed by atoms with van der Waals surface area (Å²) in [6, 6.07) is 5.92. The average Bonchev–Trinajstić information content (AvgIpc) is 2.95. The van der Waals surface area contributed by atoms with Crippen molar-refractivity contribution in [2.45, 2.75) is 5.88 Å². The largest absolute Gasteiger partial charge is 0.306 e.